The van der Waals surface area contributed by atoms with E-state index >= 15 is 0 Å². The summed E-state index contributed by atoms with van der Waals surface area (Å²) in [5.41, 5.74) is 3.08. The molecule has 1 aliphatic heterocycles. The summed E-state index contributed by atoms with van der Waals surface area (Å²) in [6, 6.07) is 8.63. The normalized spacial score (nSPS) is 16.6. The molecule has 1 saturated heterocycles. The van der Waals surface area contributed by atoms with Crippen molar-refractivity contribution in [2.45, 2.75) is 123 Å². The van der Waals surface area contributed by atoms with Gasteiger partial charge in [-0.15, -0.1) is 11.3 Å². The number of thiophene rings is 1. The molecule has 3 atom stereocenters. The monoisotopic (exact) mass is 728 g/mol. The van der Waals surface area contributed by atoms with E-state index in [-0.39, 0.29) is 24.0 Å². The predicted molar refractivity (Wildman–Crippen MR) is 200 cm³/mol. The van der Waals surface area contributed by atoms with Crippen LogP contribution >= 0.6 is 11.3 Å². The highest BCUT2D eigenvalue weighted by molar-refractivity contribution is 7.12. The number of benzene rings is 1. The second-order valence-corrected chi connectivity index (χ2v) is 21.5. The number of amides is 3. The van der Waals surface area contributed by atoms with E-state index in [4.69, 9.17) is 13.9 Å². The molecule has 0 saturated carbocycles. The molecule has 0 aliphatic carbocycles. The molecule has 1 aromatic carbocycles. The van der Waals surface area contributed by atoms with E-state index in [0.29, 0.717) is 25.1 Å². The minimum Gasteiger partial charge on any atom is -0.543 e. The highest BCUT2D eigenvalue weighted by atomic mass is 32.1. The van der Waals surface area contributed by atoms with Crippen LogP contribution in [-0.2, 0) is 36.9 Å². The first-order valence-corrected chi connectivity index (χ1v) is 20.9. The van der Waals surface area contributed by atoms with Gasteiger partial charge in [0, 0.05) is 22.7 Å². The van der Waals surface area contributed by atoms with E-state index in [1.54, 1.807) is 40.7 Å². The maximum absolute atomic E-state index is 14.2. The molecule has 3 amide bonds. The van der Waals surface area contributed by atoms with Crippen molar-refractivity contribution in [3.63, 3.8) is 0 Å². The lowest BCUT2D eigenvalue weighted by molar-refractivity contribution is -0.154. The Morgan fingerprint density at radius 1 is 1.08 bits per heavy atom. The fourth-order valence-corrected chi connectivity index (χ4v) is 6.78. The van der Waals surface area contributed by atoms with Gasteiger partial charge in [0.05, 0.1) is 0 Å². The number of hydrogen-bond donors (Lipinski definition) is 3. The van der Waals surface area contributed by atoms with Crippen molar-refractivity contribution in [3.05, 3.63) is 58.3 Å². The van der Waals surface area contributed by atoms with E-state index in [2.05, 4.69) is 56.5 Å². The Bertz CT molecular complexity index is 1510. The molecule has 1 aromatic heterocycles. The van der Waals surface area contributed by atoms with Crippen LogP contribution in [0.2, 0.25) is 18.1 Å². The summed E-state index contributed by atoms with van der Waals surface area (Å²) >= 11 is 1.49. The van der Waals surface area contributed by atoms with Crippen LogP contribution in [0.25, 0.3) is 6.08 Å². The van der Waals surface area contributed by atoms with Crippen LogP contribution in [0, 0.1) is 5.92 Å². The van der Waals surface area contributed by atoms with Crippen LogP contribution in [0.3, 0.4) is 0 Å². The average molecular weight is 729 g/mol. The van der Waals surface area contributed by atoms with Crippen molar-refractivity contribution < 1.29 is 33.1 Å². The zero-order valence-electron chi connectivity index (χ0n) is 31.3. The summed E-state index contributed by atoms with van der Waals surface area (Å²) in [7, 11) is -2.15. The zero-order valence-corrected chi connectivity index (χ0v) is 33.1. The smallest absolute Gasteiger partial charge is 0.408 e. The van der Waals surface area contributed by atoms with E-state index in [9.17, 15) is 19.2 Å². The van der Waals surface area contributed by atoms with Crippen molar-refractivity contribution in [1.29, 1.82) is 0 Å². The second-order valence-electron chi connectivity index (χ2n) is 15.6. The lowest BCUT2D eigenvalue weighted by Crippen LogP contribution is -2.62. The van der Waals surface area contributed by atoms with Crippen LogP contribution in [0.15, 0.2) is 43.0 Å². The number of alkyl carbamates (subject to hydrolysis) is 1. The van der Waals surface area contributed by atoms with Crippen molar-refractivity contribution in [2.75, 3.05) is 6.54 Å². The van der Waals surface area contributed by atoms with Gasteiger partial charge in [0.25, 0.3) is 5.91 Å². The molecule has 2 heterocycles. The molecule has 11 nitrogen and oxygen atoms in total. The lowest BCUT2D eigenvalue weighted by atomic mass is 10.0. The number of esters is 1. The van der Waals surface area contributed by atoms with Crippen LogP contribution < -0.4 is 20.5 Å². The van der Waals surface area contributed by atoms with Crippen molar-refractivity contribution in [3.8, 4) is 5.75 Å². The maximum Gasteiger partial charge on any atom is 0.408 e. The zero-order chi connectivity index (χ0) is 37.4. The molecule has 50 heavy (non-hydrogen) atoms. The number of hydrazine groups is 1. The van der Waals surface area contributed by atoms with Crippen LogP contribution in [0.4, 0.5) is 4.79 Å². The third-order valence-electron chi connectivity index (χ3n) is 8.73. The Morgan fingerprint density at radius 3 is 2.38 bits per heavy atom. The number of nitrogens with zero attached hydrogens (tertiary/aromatic N) is 1. The van der Waals surface area contributed by atoms with Gasteiger partial charge in [-0.05, 0) is 87.5 Å². The SMILES string of the molecule is C=Cc1ccc(COC(=O)[C@@H]2CCCN(C(=O)[C@H](Cc3cccc(O[Si](C)(C)C(C)(C)C)c3)NC(=O)[C@@H](NC(=O)OC(C)(C)C)C(C)C)N2)s1. The minimum atomic E-state index is -2.15. The van der Waals surface area contributed by atoms with Gasteiger partial charge in [-0.2, -0.15) is 0 Å². The molecule has 1 aliphatic rings. The van der Waals surface area contributed by atoms with E-state index in [0.717, 1.165) is 15.3 Å². The van der Waals surface area contributed by atoms with Crippen molar-refractivity contribution in [2.24, 2.45) is 5.92 Å². The molecule has 2 aromatic rings. The molecule has 0 radical (unpaired) electrons. The number of hydrogen-bond acceptors (Lipinski definition) is 9. The Hall–Kier alpha value is -3.68. The molecule has 1 fully saturated rings. The summed E-state index contributed by atoms with van der Waals surface area (Å²) in [6.07, 6.45) is 2.21. The summed E-state index contributed by atoms with van der Waals surface area (Å²) in [5.74, 6) is -1.02. The van der Waals surface area contributed by atoms with Gasteiger partial charge in [-0.1, -0.05) is 59.4 Å². The molecule has 13 heteroatoms. The number of carbonyl (C=O) groups excluding carboxylic acids is 4. The fraction of sp³-hybridized carbons (Fsp3) is 0.568. The Kier molecular flexibility index (Phi) is 13.9. The van der Waals surface area contributed by atoms with Gasteiger partial charge >= 0.3 is 12.1 Å². The van der Waals surface area contributed by atoms with Gasteiger partial charge in [0.15, 0.2) is 0 Å². The highest BCUT2D eigenvalue weighted by Gasteiger charge is 2.39. The molecule has 0 spiro atoms. The molecule has 0 bridgehead atoms. The Balaban J connectivity index is 1.83. The summed E-state index contributed by atoms with van der Waals surface area (Å²) in [5, 5.41) is 6.95. The third kappa shape index (κ3) is 12.0. The number of carbonyl (C=O) groups is 4. The first-order chi connectivity index (χ1) is 23.2. The third-order valence-corrected chi connectivity index (χ3v) is 14.1. The molecular formula is C37H56N4O7SSi. The first kappa shape index (κ1) is 40.7. The van der Waals surface area contributed by atoms with Crippen LogP contribution in [0.5, 0.6) is 5.75 Å². The minimum absolute atomic E-state index is 0.0155. The summed E-state index contributed by atoms with van der Waals surface area (Å²) < 4.78 is 17.5. The lowest BCUT2D eigenvalue weighted by Gasteiger charge is -2.36. The largest absolute Gasteiger partial charge is 0.543 e. The average Bonchev–Trinajstić information content (AvgIpc) is 3.48. The molecule has 0 unspecified atom stereocenters. The van der Waals surface area contributed by atoms with E-state index in [1.807, 2.05) is 36.4 Å². The molecule has 3 N–H and O–H groups in total. The van der Waals surface area contributed by atoms with Crippen LogP contribution in [-0.4, -0.2) is 67.5 Å². The topological polar surface area (TPSA) is 135 Å². The van der Waals surface area contributed by atoms with Gasteiger partial charge in [-0.3, -0.25) is 19.4 Å². The van der Waals surface area contributed by atoms with Crippen molar-refractivity contribution in [1.82, 2.24) is 21.1 Å². The first-order valence-electron chi connectivity index (χ1n) is 17.2. The summed E-state index contributed by atoms with van der Waals surface area (Å²) in [4.78, 5) is 55.6. The van der Waals surface area contributed by atoms with Gasteiger partial charge in [0.2, 0.25) is 14.2 Å². The molecular weight excluding hydrogens is 673 g/mol. The molecule has 3 rings (SSSR count). The predicted octanol–water partition coefficient (Wildman–Crippen LogP) is 6.59. The quantitative estimate of drug-likeness (QED) is 0.155. The Morgan fingerprint density at radius 2 is 1.78 bits per heavy atom. The second kappa shape index (κ2) is 17.0. The van der Waals surface area contributed by atoms with E-state index < -0.39 is 55.9 Å². The Labute approximate surface area is 302 Å². The summed E-state index contributed by atoms with van der Waals surface area (Å²) in [6.45, 7) is 23.9. The van der Waals surface area contributed by atoms with Gasteiger partial charge in [-0.25, -0.2) is 10.2 Å². The number of ether oxygens (including phenoxy) is 2. The number of rotatable bonds is 13. The number of nitrogens with one attached hydrogen (secondary N) is 3. The highest BCUT2D eigenvalue weighted by Crippen LogP contribution is 2.37. The van der Waals surface area contributed by atoms with Gasteiger partial charge < -0.3 is 24.5 Å². The van der Waals surface area contributed by atoms with Gasteiger partial charge in [0.1, 0.15) is 36.1 Å². The molecule has 276 valence electrons. The van der Waals surface area contributed by atoms with E-state index in [1.165, 1.54) is 16.3 Å². The fourth-order valence-electron chi connectivity index (χ4n) is 4.98. The van der Waals surface area contributed by atoms with Crippen LogP contribution in [0.1, 0.15) is 83.5 Å². The van der Waals surface area contributed by atoms with Crippen molar-refractivity contribution >= 4 is 49.6 Å². The maximum atomic E-state index is 14.2. The standard InChI is InChI=1S/C37H56N4O7SSi/c1-12-27-18-19-28(49-27)23-46-34(44)29-17-14-20-41(40-29)33(43)30(38-32(42)31(24(2)3)39-35(45)47-36(4,5)6)22-25-15-13-16-26(21-25)48-50(10,11)37(7,8)9/h12-13,15-16,18-19,21,24,29-31,40H,1,14,17,20,22-23H2,2-11H3,(H,38,42)(H,39,45)/t29-,30-,31-/m0/s1.